The van der Waals surface area contributed by atoms with E-state index in [2.05, 4.69) is 28.0 Å². The summed E-state index contributed by atoms with van der Waals surface area (Å²) >= 11 is 0. The van der Waals surface area contributed by atoms with E-state index < -0.39 is 0 Å². The number of rotatable bonds is 4. The summed E-state index contributed by atoms with van der Waals surface area (Å²) in [5.41, 5.74) is 1.44. The van der Waals surface area contributed by atoms with Crippen molar-refractivity contribution in [3.8, 4) is 0 Å². The molecule has 1 N–H and O–H groups in total. The van der Waals surface area contributed by atoms with Crippen LogP contribution in [0.1, 0.15) is 37.8 Å². The molecule has 16 heavy (non-hydrogen) atoms. The minimum absolute atomic E-state index is 0.689. The Kier molecular flexibility index (Phi) is 2.72. The fraction of sp³-hybridized carbons (Fsp3) is 0.769. The van der Waals surface area contributed by atoms with Gasteiger partial charge >= 0.3 is 0 Å². The molecule has 2 aliphatic rings. The predicted molar refractivity (Wildman–Crippen MR) is 64.3 cm³/mol. The van der Waals surface area contributed by atoms with E-state index in [-0.39, 0.29) is 0 Å². The quantitative estimate of drug-likeness (QED) is 0.839. The van der Waals surface area contributed by atoms with Crippen LogP contribution in [0.4, 0.5) is 0 Å². The first kappa shape index (κ1) is 10.3. The molecule has 1 saturated carbocycles. The zero-order chi connectivity index (χ0) is 11.0. The Morgan fingerprint density at radius 3 is 3.06 bits per heavy atom. The van der Waals surface area contributed by atoms with Crippen molar-refractivity contribution >= 4 is 0 Å². The van der Waals surface area contributed by atoms with Gasteiger partial charge in [0.25, 0.3) is 0 Å². The average Bonchev–Trinajstić information content (AvgIpc) is 2.81. The van der Waals surface area contributed by atoms with E-state index in [1.54, 1.807) is 0 Å². The maximum Gasteiger partial charge on any atom is 0.0948 e. The summed E-state index contributed by atoms with van der Waals surface area (Å²) in [5, 5.41) is 3.44. The Morgan fingerprint density at radius 1 is 1.50 bits per heavy atom. The van der Waals surface area contributed by atoms with Crippen LogP contribution >= 0.6 is 0 Å². The zero-order valence-electron chi connectivity index (χ0n) is 10.0. The summed E-state index contributed by atoms with van der Waals surface area (Å²) in [6, 6.07) is 0. The molecular formula is C13H21N3. The molecule has 0 spiro atoms. The molecule has 1 aliphatic heterocycles. The zero-order valence-corrected chi connectivity index (χ0v) is 10.0. The molecule has 0 bridgehead atoms. The van der Waals surface area contributed by atoms with E-state index in [9.17, 15) is 0 Å². The van der Waals surface area contributed by atoms with Gasteiger partial charge in [-0.3, -0.25) is 0 Å². The standard InChI is InChI=1S/C13H21N3/c1-10(11-2-3-11)8-16-9-15-7-13(16)12-4-5-14-6-12/h7,9-12,14H,2-6,8H2,1H3. The molecule has 88 valence electrons. The first-order valence-electron chi connectivity index (χ1n) is 6.55. The van der Waals surface area contributed by atoms with Crippen LogP contribution in [-0.2, 0) is 6.54 Å². The lowest BCUT2D eigenvalue weighted by atomic mass is 10.0. The van der Waals surface area contributed by atoms with Crippen molar-refractivity contribution in [3.05, 3.63) is 18.2 Å². The Hall–Kier alpha value is -0.830. The van der Waals surface area contributed by atoms with Gasteiger partial charge < -0.3 is 9.88 Å². The van der Waals surface area contributed by atoms with E-state index in [4.69, 9.17) is 0 Å². The molecule has 1 aliphatic carbocycles. The molecule has 2 fully saturated rings. The lowest BCUT2D eigenvalue weighted by Gasteiger charge is -2.16. The summed E-state index contributed by atoms with van der Waals surface area (Å²) < 4.78 is 2.39. The first-order chi connectivity index (χ1) is 7.84. The smallest absolute Gasteiger partial charge is 0.0948 e. The predicted octanol–water partition coefficient (Wildman–Crippen LogP) is 2.01. The maximum atomic E-state index is 4.33. The molecule has 2 heterocycles. The third-order valence-corrected chi connectivity index (χ3v) is 4.13. The van der Waals surface area contributed by atoms with Crippen molar-refractivity contribution in [2.75, 3.05) is 13.1 Å². The normalized spacial score (nSPS) is 27.2. The van der Waals surface area contributed by atoms with E-state index in [1.165, 1.54) is 25.0 Å². The van der Waals surface area contributed by atoms with Gasteiger partial charge in [-0.2, -0.15) is 0 Å². The van der Waals surface area contributed by atoms with Crippen molar-refractivity contribution in [2.45, 2.75) is 38.6 Å². The molecule has 3 rings (SSSR count). The van der Waals surface area contributed by atoms with Crippen molar-refractivity contribution in [1.29, 1.82) is 0 Å². The monoisotopic (exact) mass is 219 g/mol. The van der Waals surface area contributed by atoms with E-state index in [0.717, 1.165) is 31.5 Å². The largest absolute Gasteiger partial charge is 0.334 e. The number of aromatic nitrogens is 2. The molecule has 2 unspecified atom stereocenters. The third kappa shape index (κ3) is 2.01. The van der Waals surface area contributed by atoms with Crippen molar-refractivity contribution in [1.82, 2.24) is 14.9 Å². The maximum absolute atomic E-state index is 4.33. The SMILES string of the molecule is CC(Cn1cncc1C1CCNC1)C1CC1. The van der Waals surface area contributed by atoms with Gasteiger partial charge in [-0.15, -0.1) is 0 Å². The van der Waals surface area contributed by atoms with E-state index in [1.807, 2.05) is 6.33 Å². The number of hydrogen-bond donors (Lipinski definition) is 1. The molecule has 0 amide bonds. The Bertz CT molecular complexity index is 348. The minimum atomic E-state index is 0.689. The van der Waals surface area contributed by atoms with Gasteiger partial charge in [0.15, 0.2) is 0 Å². The number of hydrogen-bond acceptors (Lipinski definition) is 2. The Morgan fingerprint density at radius 2 is 2.38 bits per heavy atom. The van der Waals surface area contributed by atoms with Crippen LogP contribution in [0, 0.1) is 11.8 Å². The van der Waals surface area contributed by atoms with Crippen LogP contribution in [-0.4, -0.2) is 22.6 Å². The van der Waals surface area contributed by atoms with Gasteiger partial charge in [-0.1, -0.05) is 6.92 Å². The molecular weight excluding hydrogens is 198 g/mol. The van der Waals surface area contributed by atoms with Gasteiger partial charge in [0.05, 0.1) is 6.33 Å². The topological polar surface area (TPSA) is 29.9 Å². The van der Waals surface area contributed by atoms with Crippen molar-refractivity contribution in [3.63, 3.8) is 0 Å². The molecule has 3 nitrogen and oxygen atoms in total. The Balaban J connectivity index is 1.70. The summed E-state index contributed by atoms with van der Waals surface area (Å²) in [7, 11) is 0. The molecule has 1 aromatic heterocycles. The number of nitrogens with zero attached hydrogens (tertiary/aromatic N) is 2. The van der Waals surface area contributed by atoms with Gasteiger partial charge in [-0.05, 0) is 37.6 Å². The minimum Gasteiger partial charge on any atom is -0.334 e. The number of imidazole rings is 1. The summed E-state index contributed by atoms with van der Waals surface area (Å²) in [5.74, 6) is 2.49. The second-order valence-corrected chi connectivity index (χ2v) is 5.48. The van der Waals surface area contributed by atoms with E-state index >= 15 is 0 Å². The molecule has 1 aromatic rings. The summed E-state index contributed by atoms with van der Waals surface area (Å²) in [6.45, 7) is 5.84. The van der Waals surface area contributed by atoms with Gasteiger partial charge in [0.1, 0.15) is 0 Å². The van der Waals surface area contributed by atoms with Crippen molar-refractivity contribution in [2.24, 2.45) is 11.8 Å². The average molecular weight is 219 g/mol. The highest BCUT2D eigenvalue weighted by molar-refractivity contribution is 5.09. The van der Waals surface area contributed by atoms with E-state index in [0.29, 0.717) is 5.92 Å². The van der Waals surface area contributed by atoms with Gasteiger partial charge in [0, 0.05) is 30.9 Å². The van der Waals surface area contributed by atoms with Crippen LogP contribution in [0.3, 0.4) is 0 Å². The van der Waals surface area contributed by atoms with Crippen LogP contribution in [0.5, 0.6) is 0 Å². The van der Waals surface area contributed by atoms with Crippen LogP contribution in [0.2, 0.25) is 0 Å². The highest BCUT2D eigenvalue weighted by atomic mass is 15.1. The highest BCUT2D eigenvalue weighted by Crippen LogP contribution is 2.37. The first-order valence-corrected chi connectivity index (χ1v) is 6.55. The van der Waals surface area contributed by atoms with Gasteiger partial charge in [-0.25, -0.2) is 4.98 Å². The van der Waals surface area contributed by atoms with Crippen LogP contribution in [0.25, 0.3) is 0 Å². The summed E-state index contributed by atoms with van der Waals surface area (Å²) in [6.07, 6.45) is 8.24. The molecule has 2 atom stereocenters. The lowest BCUT2D eigenvalue weighted by molar-refractivity contribution is 0.418. The second-order valence-electron chi connectivity index (χ2n) is 5.48. The van der Waals surface area contributed by atoms with Crippen LogP contribution < -0.4 is 5.32 Å². The number of nitrogens with one attached hydrogen (secondary N) is 1. The highest BCUT2D eigenvalue weighted by Gasteiger charge is 2.29. The molecule has 3 heteroatoms. The molecule has 0 aromatic carbocycles. The summed E-state index contributed by atoms with van der Waals surface area (Å²) in [4.78, 5) is 4.33. The third-order valence-electron chi connectivity index (χ3n) is 4.13. The molecule has 0 radical (unpaired) electrons. The lowest BCUT2D eigenvalue weighted by Crippen LogP contribution is -2.15. The van der Waals surface area contributed by atoms with Crippen LogP contribution in [0.15, 0.2) is 12.5 Å². The molecule has 1 saturated heterocycles. The fourth-order valence-corrected chi connectivity index (χ4v) is 2.86. The van der Waals surface area contributed by atoms with Gasteiger partial charge in [0.2, 0.25) is 0 Å². The fourth-order valence-electron chi connectivity index (χ4n) is 2.86. The Labute approximate surface area is 97.3 Å². The van der Waals surface area contributed by atoms with Crippen molar-refractivity contribution < 1.29 is 0 Å². The second kappa shape index (κ2) is 4.21.